The van der Waals surface area contributed by atoms with E-state index in [1.165, 1.54) is 19.3 Å². The Balaban J connectivity index is 1.56. The molecule has 2 heterocycles. The summed E-state index contributed by atoms with van der Waals surface area (Å²) in [6.45, 7) is 14.2. The molecule has 1 saturated carbocycles. The Morgan fingerprint density at radius 2 is 1.61 bits per heavy atom. The van der Waals surface area contributed by atoms with Crippen LogP contribution in [0.15, 0.2) is 6.07 Å². The quantitative estimate of drug-likeness (QED) is 0.739. The molecule has 3 rings (SSSR count). The van der Waals surface area contributed by atoms with E-state index in [1.807, 2.05) is 17.9 Å². The van der Waals surface area contributed by atoms with E-state index in [1.54, 1.807) is 0 Å². The number of nitrogens with zero attached hydrogens (tertiary/aromatic N) is 3. The predicted molar refractivity (Wildman–Crippen MR) is 113 cm³/mol. The number of carbonyl (C=O) groups is 2. The molecule has 0 bridgehead atoms. The average Bonchev–Trinajstić information content (AvgIpc) is 2.97. The molecule has 0 unspecified atom stereocenters. The number of amides is 1. The normalized spacial score (nSPS) is 19.8. The van der Waals surface area contributed by atoms with E-state index in [9.17, 15) is 9.59 Å². The molecule has 0 atom stereocenters. The highest BCUT2D eigenvalue weighted by molar-refractivity contribution is 5.99. The van der Waals surface area contributed by atoms with Crippen molar-refractivity contribution < 1.29 is 9.59 Å². The molecule has 1 amide bonds. The van der Waals surface area contributed by atoms with E-state index in [4.69, 9.17) is 0 Å². The van der Waals surface area contributed by atoms with Gasteiger partial charge in [-0.2, -0.15) is 0 Å². The Morgan fingerprint density at radius 1 is 1.00 bits per heavy atom. The summed E-state index contributed by atoms with van der Waals surface area (Å²) in [5.74, 6) is 0.778. The summed E-state index contributed by atoms with van der Waals surface area (Å²) in [4.78, 5) is 29.9. The third kappa shape index (κ3) is 4.51. The number of Topliss-reactive ketones (excluding diaryl/α,β-unsaturated/α-hetero) is 1. The molecule has 0 spiro atoms. The van der Waals surface area contributed by atoms with Crippen LogP contribution in [0.5, 0.6) is 0 Å². The van der Waals surface area contributed by atoms with Crippen molar-refractivity contribution in [2.75, 3.05) is 32.7 Å². The number of carbonyl (C=O) groups excluding carboxylic acids is 2. The van der Waals surface area contributed by atoms with Crippen LogP contribution in [0.1, 0.15) is 74.6 Å². The van der Waals surface area contributed by atoms with Gasteiger partial charge in [0.25, 0.3) is 0 Å². The number of piperazine rings is 1. The minimum Gasteiger partial charge on any atom is -0.343 e. The maximum Gasteiger partial charge on any atom is 0.225 e. The molecule has 0 aromatic carbocycles. The zero-order chi connectivity index (χ0) is 20.5. The number of hydrogen-bond donors (Lipinski definition) is 0. The minimum absolute atomic E-state index is 0.0300. The van der Waals surface area contributed by atoms with Crippen LogP contribution in [0.4, 0.5) is 0 Å². The number of ketones is 1. The smallest absolute Gasteiger partial charge is 0.225 e. The third-order valence-corrected chi connectivity index (χ3v) is 6.41. The van der Waals surface area contributed by atoms with Gasteiger partial charge in [0.15, 0.2) is 5.78 Å². The fourth-order valence-electron chi connectivity index (χ4n) is 5.10. The molecule has 28 heavy (non-hydrogen) atoms. The lowest BCUT2D eigenvalue weighted by Crippen LogP contribution is -2.51. The SMILES string of the molecule is Cc1cc(C(=O)CN2CCN(C(=O)C3CCCCC3)CC2)c(C)n1C(C)(C)C. The van der Waals surface area contributed by atoms with Gasteiger partial charge >= 0.3 is 0 Å². The van der Waals surface area contributed by atoms with Crippen molar-refractivity contribution in [1.29, 1.82) is 0 Å². The molecular weight excluding hydrogens is 350 g/mol. The summed E-state index contributed by atoms with van der Waals surface area (Å²) in [7, 11) is 0. The summed E-state index contributed by atoms with van der Waals surface area (Å²) < 4.78 is 2.25. The summed E-state index contributed by atoms with van der Waals surface area (Å²) in [6, 6.07) is 2.03. The van der Waals surface area contributed by atoms with Crippen molar-refractivity contribution in [1.82, 2.24) is 14.4 Å². The Hall–Kier alpha value is -1.62. The zero-order valence-corrected chi connectivity index (χ0v) is 18.4. The zero-order valence-electron chi connectivity index (χ0n) is 18.4. The fraction of sp³-hybridized carbons (Fsp3) is 0.739. The van der Waals surface area contributed by atoms with Gasteiger partial charge in [-0.1, -0.05) is 19.3 Å². The van der Waals surface area contributed by atoms with Crippen LogP contribution in [0.2, 0.25) is 0 Å². The van der Waals surface area contributed by atoms with Gasteiger partial charge in [0.2, 0.25) is 5.91 Å². The molecule has 5 heteroatoms. The van der Waals surface area contributed by atoms with Gasteiger partial charge in [-0.25, -0.2) is 0 Å². The molecule has 1 saturated heterocycles. The minimum atomic E-state index is -0.0300. The second-order valence-electron chi connectivity index (χ2n) is 9.65. The van der Waals surface area contributed by atoms with Gasteiger partial charge in [-0.05, 0) is 53.5 Å². The Morgan fingerprint density at radius 3 is 2.14 bits per heavy atom. The van der Waals surface area contributed by atoms with E-state index < -0.39 is 0 Å². The standard InChI is InChI=1S/C23H37N3O2/c1-17-15-20(18(2)26(17)23(3,4)5)21(27)16-24-11-13-25(14-12-24)22(28)19-9-7-6-8-10-19/h15,19H,6-14,16H2,1-5H3. The van der Waals surface area contributed by atoms with Gasteiger partial charge in [0.05, 0.1) is 6.54 Å². The number of aromatic nitrogens is 1. The first-order chi connectivity index (χ1) is 13.2. The van der Waals surface area contributed by atoms with Gasteiger partial charge in [-0.15, -0.1) is 0 Å². The van der Waals surface area contributed by atoms with Crippen molar-refractivity contribution in [2.45, 2.75) is 72.3 Å². The van der Waals surface area contributed by atoms with Crippen LogP contribution in [0.3, 0.4) is 0 Å². The lowest BCUT2D eigenvalue weighted by molar-refractivity contribution is -0.138. The summed E-state index contributed by atoms with van der Waals surface area (Å²) >= 11 is 0. The molecule has 5 nitrogen and oxygen atoms in total. The topological polar surface area (TPSA) is 45.6 Å². The van der Waals surface area contributed by atoms with E-state index in [2.05, 4.69) is 37.2 Å². The van der Waals surface area contributed by atoms with Crippen LogP contribution < -0.4 is 0 Å². The number of rotatable bonds is 4. The highest BCUT2D eigenvalue weighted by Gasteiger charge is 2.29. The Bertz CT molecular complexity index is 715. The van der Waals surface area contributed by atoms with Crippen molar-refractivity contribution in [3.63, 3.8) is 0 Å². The third-order valence-electron chi connectivity index (χ3n) is 6.41. The molecule has 1 aliphatic carbocycles. The average molecular weight is 388 g/mol. The molecule has 156 valence electrons. The lowest BCUT2D eigenvalue weighted by Gasteiger charge is -2.36. The maximum absolute atomic E-state index is 13.0. The van der Waals surface area contributed by atoms with Crippen molar-refractivity contribution in [3.05, 3.63) is 23.0 Å². The number of hydrogen-bond acceptors (Lipinski definition) is 3. The van der Waals surface area contributed by atoms with Crippen molar-refractivity contribution >= 4 is 11.7 Å². The van der Waals surface area contributed by atoms with Crippen LogP contribution in [0.25, 0.3) is 0 Å². The van der Waals surface area contributed by atoms with Crippen LogP contribution >= 0.6 is 0 Å². The largest absolute Gasteiger partial charge is 0.343 e. The summed E-state index contributed by atoms with van der Waals surface area (Å²) in [5.41, 5.74) is 3.00. The van der Waals surface area contributed by atoms with Crippen LogP contribution in [0, 0.1) is 19.8 Å². The van der Waals surface area contributed by atoms with Crippen LogP contribution in [-0.2, 0) is 10.3 Å². The highest BCUT2D eigenvalue weighted by Crippen LogP contribution is 2.27. The molecule has 2 aliphatic rings. The Labute approximate surface area is 170 Å². The second-order valence-corrected chi connectivity index (χ2v) is 9.65. The molecule has 1 aromatic heterocycles. The second kappa shape index (κ2) is 8.40. The first-order valence-corrected chi connectivity index (χ1v) is 10.9. The van der Waals surface area contributed by atoms with Gasteiger partial charge in [0, 0.05) is 54.6 Å². The molecule has 1 aromatic rings. The molecule has 1 aliphatic heterocycles. The van der Waals surface area contributed by atoms with E-state index >= 15 is 0 Å². The predicted octanol–water partition coefficient (Wildman–Crippen LogP) is 3.77. The highest BCUT2D eigenvalue weighted by atomic mass is 16.2. The van der Waals surface area contributed by atoms with E-state index in [0.717, 1.165) is 56.0 Å². The van der Waals surface area contributed by atoms with Crippen molar-refractivity contribution in [2.24, 2.45) is 5.92 Å². The Kier molecular flexibility index (Phi) is 6.33. The van der Waals surface area contributed by atoms with E-state index in [-0.39, 0.29) is 17.2 Å². The fourth-order valence-corrected chi connectivity index (χ4v) is 5.10. The maximum atomic E-state index is 13.0. The molecule has 0 N–H and O–H groups in total. The first kappa shape index (κ1) is 21.1. The monoisotopic (exact) mass is 387 g/mol. The van der Waals surface area contributed by atoms with Gasteiger partial charge in [0.1, 0.15) is 0 Å². The summed E-state index contributed by atoms with van der Waals surface area (Å²) in [6.07, 6.45) is 5.77. The first-order valence-electron chi connectivity index (χ1n) is 10.9. The molecule has 0 radical (unpaired) electrons. The summed E-state index contributed by atoms with van der Waals surface area (Å²) in [5, 5.41) is 0. The van der Waals surface area contributed by atoms with Crippen molar-refractivity contribution in [3.8, 4) is 0 Å². The molecule has 2 fully saturated rings. The lowest BCUT2D eigenvalue weighted by atomic mass is 9.88. The molecular formula is C23H37N3O2. The van der Waals surface area contributed by atoms with Gasteiger partial charge in [-0.3, -0.25) is 14.5 Å². The van der Waals surface area contributed by atoms with Crippen LogP contribution in [-0.4, -0.2) is 58.8 Å². The van der Waals surface area contributed by atoms with E-state index in [0.29, 0.717) is 12.5 Å². The van der Waals surface area contributed by atoms with Gasteiger partial charge < -0.3 is 9.47 Å². The number of aryl methyl sites for hydroxylation is 1.